The zero-order chi connectivity index (χ0) is 21.4. The lowest BCUT2D eigenvalue weighted by molar-refractivity contribution is 0.101. The first-order valence-corrected chi connectivity index (χ1v) is 10.2. The molecule has 1 fully saturated rings. The fourth-order valence-corrected chi connectivity index (χ4v) is 3.60. The number of fused-ring (bicyclic) bond motifs is 1. The van der Waals surface area contributed by atoms with Crippen LogP contribution in [0.2, 0.25) is 0 Å². The zero-order valence-corrected chi connectivity index (χ0v) is 17.0. The number of hydrogen-bond acceptors (Lipinski definition) is 4. The van der Waals surface area contributed by atoms with Crippen LogP contribution in [0.5, 0.6) is 0 Å². The van der Waals surface area contributed by atoms with Crippen molar-refractivity contribution < 1.29 is 9.59 Å². The van der Waals surface area contributed by atoms with E-state index in [4.69, 9.17) is 4.98 Å². The Balaban J connectivity index is 1.28. The van der Waals surface area contributed by atoms with Crippen molar-refractivity contribution in [3.63, 3.8) is 0 Å². The van der Waals surface area contributed by atoms with Gasteiger partial charge in [0.25, 0.3) is 11.8 Å². The molecule has 1 aliphatic carbocycles. The maximum Gasteiger partial charge on any atom is 0.274 e. The number of nitrogens with zero attached hydrogens (tertiary/aromatic N) is 3. The van der Waals surface area contributed by atoms with Crippen LogP contribution in [-0.4, -0.2) is 26.2 Å². The number of imidazole rings is 1. The number of nitrogens with one attached hydrogen (secondary N) is 2. The number of hydrogen-bond donors (Lipinski definition) is 2. The third-order valence-corrected chi connectivity index (χ3v) is 5.42. The van der Waals surface area contributed by atoms with E-state index in [1.54, 1.807) is 48.7 Å². The molecule has 0 unspecified atom stereocenters. The molecule has 4 aromatic rings. The first-order chi connectivity index (χ1) is 15.1. The molecule has 7 nitrogen and oxygen atoms in total. The number of carbonyl (C=O) groups is 2. The van der Waals surface area contributed by atoms with Crippen LogP contribution in [0.3, 0.4) is 0 Å². The molecule has 31 heavy (non-hydrogen) atoms. The van der Waals surface area contributed by atoms with E-state index >= 15 is 0 Å². The molecule has 3 aromatic heterocycles. The predicted molar refractivity (Wildman–Crippen MR) is 118 cm³/mol. The molecule has 2 amide bonds. The van der Waals surface area contributed by atoms with Crippen molar-refractivity contribution in [3.05, 3.63) is 89.6 Å². The number of anilines is 2. The molecule has 0 radical (unpaired) electrons. The highest BCUT2D eigenvalue weighted by Crippen LogP contribution is 2.41. The average molecular weight is 411 g/mol. The summed E-state index contributed by atoms with van der Waals surface area (Å²) in [6.45, 7) is 2.07. The fraction of sp³-hybridized carbons (Fsp3) is 0.167. The van der Waals surface area contributed by atoms with Gasteiger partial charge < -0.3 is 15.0 Å². The highest BCUT2D eigenvalue weighted by atomic mass is 16.2. The van der Waals surface area contributed by atoms with Crippen LogP contribution in [0.4, 0.5) is 11.4 Å². The van der Waals surface area contributed by atoms with Gasteiger partial charge in [0, 0.05) is 35.3 Å². The van der Waals surface area contributed by atoms with E-state index < -0.39 is 0 Å². The Morgan fingerprint density at radius 1 is 0.935 bits per heavy atom. The third kappa shape index (κ3) is 3.90. The van der Waals surface area contributed by atoms with Crippen molar-refractivity contribution >= 4 is 28.8 Å². The number of pyridine rings is 2. The minimum atomic E-state index is -0.299. The second-order valence-electron chi connectivity index (χ2n) is 7.70. The Hall–Kier alpha value is -4.00. The highest BCUT2D eigenvalue weighted by Gasteiger charge is 2.28. The summed E-state index contributed by atoms with van der Waals surface area (Å²) >= 11 is 0. The van der Waals surface area contributed by atoms with Crippen molar-refractivity contribution in [1.82, 2.24) is 14.4 Å². The number of aryl methyl sites for hydroxylation is 1. The summed E-state index contributed by atoms with van der Waals surface area (Å²) in [6.07, 6.45) is 5.87. The molecule has 154 valence electrons. The molecule has 0 atom stereocenters. The quantitative estimate of drug-likeness (QED) is 0.509. The predicted octanol–water partition coefficient (Wildman–Crippen LogP) is 4.42. The van der Waals surface area contributed by atoms with Crippen LogP contribution < -0.4 is 10.6 Å². The van der Waals surface area contributed by atoms with Gasteiger partial charge in [-0.1, -0.05) is 6.07 Å². The Labute approximate surface area is 179 Å². The Kier molecular flexibility index (Phi) is 4.71. The molecule has 1 aliphatic rings. The minimum Gasteiger partial charge on any atom is -0.321 e. The van der Waals surface area contributed by atoms with E-state index in [1.165, 1.54) is 12.8 Å². The van der Waals surface area contributed by atoms with Gasteiger partial charge in [-0.05, 0) is 68.3 Å². The molecule has 0 saturated heterocycles. The minimum absolute atomic E-state index is 0.220. The van der Waals surface area contributed by atoms with Gasteiger partial charge in [0.05, 0.1) is 11.4 Å². The largest absolute Gasteiger partial charge is 0.321 e. The van der Waals surface area contributed by atoms with Crippen molar-refractivity contribution in [3.8, 4) is 0 Å². The van der Waals surface area contributed by atoms with Crippen molar-refractivity contribution in [2.45, 2.75) is 25.7 Å². The molecule has 1 saturated carbocycles. The summed E-state index contributed by atoms with van der Waals surface area (Å²) in [4.78, 5) is 33.6. The first kappa shape index (κ1) is 19.0. The normalized spacial score (nSPS) is 13.2. The van der Waals surface area contributed by atoms with Crippen LogP contribution in [0.1, 0.15) is 51.0 Å². The second kappa shape index (κ2) is 7.68. The molecule has 0 aliphatic heterocycles. The van der Waals surface area contributed by atoms with Crippen LogP contribution in [0.25, 0.3) is 5.65 Å². The Morgan fingerprint density at radius 2 is 1.68 bits per heavy atom. The van der Waals surface area contributed by atoms with E-state index in [0.29, 0.717) is 28.6 Å². The summed E-state index contributed by atoms with van der Waals surface area (Å²) in [5.74, 6) is 0.0594. The van der Waals surface area contributed by atoms with Crippen molar-refractivity contribution in [2.24, 2.45) is 0 Å². The Morgan fingerprint density at radius 3 is 2.39 bits per heavy atom. The number of amides is 2. The molecule has 1 aromatic carbocycles. The standard InChI is InChI=1S/C24H21N5O2/c1-15-22(16-5-6-16)28-21-12-11-19(14-29(15)21)27-23(30)17-7-9-18(10-8-17)26-24(31)20-4-2-3-13-25-20/h2-4,7-14,16H,5-6H2,1H3,(H,26,31)(H,27,30). The van der Waals surface area contributed by atoms with E-state index in [0.717, 1.165) is 17.0 Å². The van der Waals surface area contributed by atoms with Gasteiger partial charge >= 0.3 is 0 Å². The average Bonchev–Trinajstić information content (AvgIpc) is 3.59. The van der Waals surface area contributed by atoms with Gasteiger partial charge in [0.1, 0.15) is 11.3 Å². The maximum atomic E-state index is 12.7. The lowest BCUT2D eigenvalue weighted by atomic mass is 10.2. The number of aromatic nitrogens is 3. The van der Waals surface area contributed by atoms with Gasteiger partial charge in [-0.3, -0.25) is 14.6 Å². The summed E-state index contributed by atoms with van der Waals surface area (Å²) in [7, 11) is 0. The lowest BCUT2D eigenvalue weighted by Gasteiger charge is -2.08. The SMILES string of the molecule is Cc1c(C2CC2)nc2ccc(NC(=O)c3ccc(NC(=O)c4ccccn4)cc3)cn12. The van der Waals surface area contributed by atoms with Crippen LogP contribution in [0, 0.1) is 6.92 Å². The lowest BCUT2D eigenvalue weighted by Crippen LogP contribution is -2.14. The summed E-state index contributed by atoms with van der Waals surface area (Å²) in [5.41, 5.74) is 5.30. The van der Waals surface area contributed by atoms with E-state index in [9.17, 15) is 9.59 Å². The van der Waals surface area contributed by atoms with Crippen LogP contribution in [-0.2, 0) is 0 Å². The zero-order valence-electron chi connectivity index (χ0n) is 17.0. The van der Waals surface area contributed by atoms with Crippen molar-refractivity contribution in [2.75, 3.05) is 10.6 Å². The first-order valence-electron chi connectivity index (χ1n) is 10.2. The monoisotopic (exact) mass is 411 g/mol. The number of rotatable bonds is 5. The topological polar surface area (TPSA) is 88.4 Å². The molecule has 0 spiro atoms. The van der Waals surface area contributed by atoms with Gasteiger partial charge in [-0.15, -0.1) is 0 Å². The smallest absolute Gasteiger partial charge is 0.274 e. The van der Waals surface area contributed by atoms with Crippen molar-refractivity contribution in [1.29, 1.82) is 0 Å². The molecule has 3 heterocycles. The molecule has 2 N–H and O–H groups in total. The van der Waals surface area contributed by atoms with E-state index in [-0.39, 0.29) is 11.8 Å². The molecular weight excluding hydrogens is 390 g/mol. The second-order valence-corrected chi connectivity index (χ2v) is 7.70. The third-order valence-electron chi connectivity index (χ3n) is 5.42. The molecule has 7 heteroatoms. The number of benzene rings is 1. The van der Waals surface area contributed by atoms with E-state index in [2.05, 4.69) is 22.5 Å². The van der Waals surface area contributed by atoms with Gasteiger partial charge in [-0.2, -0.15) is 0 Å². The molecule has 0 bridgehead atoms. The molecule has 5 rings (SSSR count). The molecular formula is C24H21N5O2. The van der Waals surface area contributed by atoms with Gasteiger partial charge in [-0.25, -0.2) is 4.98 Å². The summed E-state index contributed by atoms with van der Waals surface area (Å²) < 4.78 is 2.03. The Bertz CT molecular complexity index is 1270. The summed E-state index contributed by atoms with van der Waals surface area (Å²) in [6, 6.07) is 15.7. The maximum absolute atomic E-state index is 12.7. The fourth-order valence-electron chi connectivity index (χ4n) is 3.60. The highest BCUT2D eigenvalue weighted by molar-refractivity contribution is 6.05. The van der Waals surface area contributed by atoms with Crippen LogP contribution in [0.15, 0.2) is 67.0 Å². The number of carbonyl (C=O) groups excluding carboxylic acids is 2. The van der Waals surface area contributed by atoms with Gasteiger partial charge in [0.2, 0.25) is 0 Å². The summed E-state index contributed by atoms with van der Waals surface area (Å²) in [5, 5.41) is 5.71. The van der Waals surface area contributed by atoms with Crippen LogP contribution >= 0.6 is 0 Å². The van der Waals surface area contributed by atoms with Gasteiger partial charge in [0.15, 0.2) is 0 Å². The van der Waals surface area contributed by atoms with E-state index in [1.807, 2.05) is 22.7 Å².